The normalized spacial score (nSPS) is 15.0. The quantitative estimate of drug-likeness (QED) is 0.798. The van der Waals surface area contributed by atoms with Gasteiger partial charge in [0.2, 0.25) is 0 Å². The largest absolute Gasteiger partial charge is 0.395 e. The Morgan fingerprint density at radius 1 is 1.20 bits per heavy atom. The maximum atomic E-state index is 12.4. The van der Waals surface area contributed by atoms with Crippen LogP contribution in [0.25, 0.3) is 0 Å². The summed E-state index contributed by atoms with van der Waals surface area (Å²) < 4.78 is 24.8. The number of carbonyl (C=O) groups excluding carboxylic acids is 2. The van der Waals surface area contributed by atoms with Gasteiger partial charge in [-0.25, -0.2) is 8.78 Å². The van der Waals surface area contributed by atoms with Crippen LogP contribution in [0.5, 0.6) is 0 Å². The van der Waals surface area contributed by atoms with Crippen LogP contribution in [0.15, 0.2) is 36.0 Å². The Labute approximate surface area is 113 Å². The van der Waals surface area contributed by atoms with E-state index in [4.69, 9.17) is 5.11 Å². The van der Waals surface area contributed by atoms with E-state index in [2.05, 4.69) is 5.32 Å². The van der Waals surface area contributed by atoms with Gasteiger partial charge in [-0.2, -0.15) is 0 Å². The Hall–Kier alpha value is -2.28. The first-order valence-electron chi connectivity index (χ1n) is 5.86. The minimum absolute atomic E-state index is 0.0493. The van der Waals surface area contributed by atoms with E-state index in [0.29, 0.717) is 5.69 Å². The number of aliphatic hydroxyl groups is 1. The minimum Gasteiger partial charge on any atom is -0.395 e. The second-order valence-corrected chi connectivity index (χ2v) is 4.12. The molecule has 0 aliphatic carbocycles. The van der Waals surface area contributed by atoms with Crippen LogP contribution in [0.3, 0.4) is 0 Å². The summed E-state index contributed by atoms with van der Waals surface area (Å²) in [5.74, 6) is -1.07. The van der Waals surface area contributed by atoms with Crippen LogP contribution in [-0.2, 0) is 9.59 Å². The molecule has 0 atom stereocenters. The summed E-state index contributed by atoms with van der Waals surface area (Å²) in [6.45, 7) is -0.397. The van der Waals surface area contributed by atoms with Gasteiger partial charge in [-0.05, 0) is 12.1 Å². The predicted molar refractivity (Wildman–Crippen MR) is 66.9 cm³/mol. The lowest BCUT2D eigenvalue weighted by Gasteiger charge is -2.13. The summed E-state index contributed by atoms with van der Waals surface area (Å²) in [5.41, 5.74) is 0.348. The molecule has 1 aromatic rings. The van der Waals surface area contributed by atoms with Crippen molar-refractivity contribution >= 4 is 17.5 Å². The van der Waals surface area contributed by atoms with Crippen molar-refractivity contribution < 1.29 is 23.5 Å². The van der Waals surface area contributed by atoms with Crippen LogP contribution in [0.4, 0.5) is 14.5 Å². The number of nitrogens with zero attached hydrogens (tertiary/aromatic N) is 1. The van der Waals surface area contributed by atoms with Crippen molar-refractivity contribution in [3.8, 4) is 0 Å². The van der Waals surface area contributed by atoms with Crippen LogP contribution in [-0.4, -0.2) is 35.0 Å². The van der Waals surface area contributed by atoms with Gasteiger partial charge in [0.1, 0.15) is 5.70 Å². The lowest BCUT2D eigenvalue weighted by molar-refractivity contribution is -0.137. The molecule has 0 radical (unpaired) electrons. The van der Waals surface area contributed by atoms with E-state index in [-0.39, 0.29) is 24.4 Å². The van der Waals surface area contributed by atoms with E-state index in [0.717, 1.165) is 11.0 Å². The molecular formula is C13H12F2N2O3. The summed E-state index contributed by atoms with van der Waals surface area (Å²) in [5, 5.41) is 11.5. The van der Waals surface area contributed by atoms with Crippen LogP contribution in [0.1, 0.15) is 12.0 Å². The molecule has 0 saturated carbocycles. The zero-order valence-corrected chi connectivity index (χ0v) is 10.3. The molecule has 0 aromatic heterocycles. The molecule has 2 amide bonds. The zero-order chi connectivity index (χ0) is 14.7. The Bertz CT molecular complexity index is 555. The number of hydrogen-bond acceptors (Lipinski definition) is 4. The maximum absolute atomic E-state index is 12.4. The maximum Gasteiger partial charge on any atom is 0.277 e. The molecular weight excluding hydrogens is 270 g/mol. The molecule has 7 heteroatoms. The van der Waals surface area contributed by atoms with Crippen molar-refractivity contribution in [2.45, 2.75) is 6.43 Å². The topological polar surface area (TPSA) is 69.6 Å². The highest BCUT2D eigenvalue weighted by Gasteiger charge is 2.30. The van der Waals surface area contributed by atoms with E-state index in [9.17, 15) is 18.4 Å². The number of halogens is 2. The number of anilines is 1. The van der Waals surface area contributed by atoms with E-state index >= 15 is 0 Å². The smallest absolute Gasteiger partial charge is 0.277 e. The average molecular weight is 282 g/mol. The molecule has 1 aromatic carbocycles. The summed E-state index contributed by atoms with van der Waals surface area (Å²) in [4.78, 5) is 24.2. The minimum atomic E-state index is -2.56. The highest BCUT2D eigenvalue weighted by atomic mass is 19.3. The number of rotatable bonds is 5. The highest BCUT2D eigenvalue weighted by Crippen LogP contribution is 2.22. The van der Waals surface area contributed by atoms with Crippen LogP contribution >= 0.6 is 0 Å². The Kier molecular flexibility index (Phi) is 4.09. The molecule has 2 rings (SSSR count). The van der Waals surface area contributed by atoms with Gasteiger partial charge in [-0.1, -0.05) is 12.1 Å². The molecule has 20 heavy (non-hydrogen) atoms. The standard InChI is InChI=1S/C13H12F2N2O3/c14-12(15)8-1-3-9(4-2-8)16-10-7-11(19)17(5-6-18)13(10)20/h1-4,7,12,16,18H,5-6H2. The molecule has 1 aliphatic heterocycles. The number of aliphatic hydroxyl groups excluding tert-OH is 1. The Morgan fingerprint density at radius 3 is 2.40 bits per heavy atom. The second-order valence-electron chi connectivity index (χ2n) is 4.12. The number of β-amino-alcohol motifs (C(OH)–C–C–N with tert-alkyl or cyclic N) is 1. The summed E-state index contributed by atoms with van der Waals surface area (Å²) in [7, 11) is 0. The predicted octanol–water partition coefficient (Wildman–Crippen LogP) is 1.28. The SMILES string of the molecule is O=C1C=C(Nc2ccc(C(F)F)cc2)C(=O)N1CCO. The first-order valence-corrected chi connectivity index (χ1v) is 5.86. The molecule has 0 saturated heterocycles. The molecule has 0 unspecified atom stereocenters. The van der Waals surface area contributed by atoms with Crippen LogP contribution in [0.2, 0.25) is 0 Å². The van der Waals surface area contributed by atoms with Crippen molar-refractivity contribution in [1.29, 1.82) is 0 Å². The Morgan fingerprint density at radius 2 is 1.85 bits per heavy atom. The van der Waals surface area contributed by atoms with E-state index in [1.54, 1.807) is 0 Å². The van der Waals surface area contributed by atoms with Crippen molar-refractivity contribution in [3.05, 3.63) is 41.6 Å². The van der Waals surface area contributed by atoms with Gasteiger partial charge in [0.25, 0.3) is 18.2 Å². The van der Waals surface area contributed by atoms with Gasteiger partial charge in [0.15, 0.2) is 0 Å². The number of nitrogens with one attached hydrogen (secondary N) is 1. The number of amides is 2. The molecule has 106 valence electrons. The fourth-order valence-corrected chi connectivity index (χ4v) is 1.78. The highest BCUT2D eigenvalue weighted by molar-refractivity contribution is 6.17. The van der Waals surface area contributed by atoms with E-state index in [1.165, 1.54) is 24.3 Å². The zero-order valence-electron chi connectivity index (χ0n) is 10.3. The lowest BCUT2D eigenvalue weighted by atomic mass is 10.2. The van der Waals surface area contributed by atoms with Crippen molar-refractivity contribution in [3.63, 3.8) is 0 Å². The summed E-state index contributed by atoms with van der Waals surface area (Å²) >= 11 is 0. The number of hydrogen-bond donors (Lipinski definition) is 2. The third-order valence-electron chi connectivity index (χ3n) is 2.77. The third kappa shape index (κ3) is 2.83. The van der Waals surface area contributed by atoms with Gasteiger partial charge in [0, 0.05) is 17.3 Å². The molecule has 0 bridgehead atoms. The second kappa shape index (κ2) is 5.79. The van der Waals surface area contributed by atoms with Gasteiger partial charge in [0.05, 0.1) is 13.2 Å². The Balaban J connectivity index is 2.09. The van der Waals surface area contributed by atoms with Crippen LogP contribution < -0.4 is 5.32 Å². The monoisotopic (exact) mass is 282 g/mol. The molecule has 5 nitrogen and oxygen atoms in total. The number of benzene rings is 1. The summed E-state index contributed by atoms with van der Waals surface area (Å²) in [6, 6.07) is 5.27. The first-order chi connectivity index (χ1) is 9.52. The van der Waals surface area contributed by atoms with E-state index in [1.807, 2.05) is 0 Å². The third-order valence-corrected chi connectivity index (χ3v) is 2.77. The van der Waals surface area contributed by atoms with Crippen molar-refractivity contribution in [1.82, 2.24) is 4.90 Å². The molecule has 1 heterocycles. The van der Waals surface area contributed by atoms with Gasteiger partial charge in [-0.3, -0.25) is 14.5 Å². The number of alkyl halides is 2. The number of carbonyl (C=O) groups is 2. The molecule has 2 N–H and O–H groups in total. The molecule has 1 aliphatic rings. The van der Waals surface area contributed by atoms with Gasteiger partial charge in [-0.15, -0.1) is 0 Å². The van der Waals surface area contributed by atoms with Crippen molar-refractivity contribution in [2.75, 3.05) is 18.5 Å². The fourth-order valence-electron chi connectivity index (χ4n) is 1.78. The lowest BCUT2D eigenvalue weighted by Crippen LogP contribution is -2.34. The average Bonchev–Trinajstić information content (AvgIpc) is 2.67. The summed E-state index contributed by atoms with van der Waals surface area (Å²) in [6.07, 6.45) is -1.45. The van der Waals surface area contributed by atoms with Crippen molar-refractivity contribution in [2.24, 2.45) is 0 Å². The van der Waals surface area contributed by atoms with Crippen LogP contribution in [0, 0.1) is 0 Å². The molecule has 0 fully saturated rings. The van der Waals surface area contributed by atoms with Gasteiger partial charge >= 0.3 is 0 Å². The van der Waals surface area contributed by atoms with E-state index < -0.39 is 18.2 Å². The number of imide groups is 1. The van der Waals surface area contributed by atoms with Gasteiger partial charge < -0.3 is 10.4 Å². The first kappa shape index (κ1) is 14.1. The molecule has 0 spiro atoms. The fraction of sp³-hybridized carbons (Fsp3) is 0.231.